The first kappa shape index (κ1) is 5.55. The molecule has 0 fully saturated rings. The van der Waals surface area contributed by atoms with Crippen molar-refractivity contribution in [2.45, 2.75) is 0 Å². The monoisotopic (exact) mass is 271 g/mol. The predicted molar refractivity (Wildman–Crippen MR) is 40.6 cm³/mol. The van der Waals surface area contributed by atoms with Crippen molar-refractivity contribution in [1.82, 2.24) is 5.43 Å². The molecule has 4 heteroatoms. The molecule has 1 heterocycles. The van der Waals surface area contributed by atoms with Gasteiger partial charge in [0.15, 0.2) is 0 Å². The molecule has 7 heavy (non-hydrogen) atoms. The molecule has 2 nitrogen and oxygen atoms in total. The van der Waals surface area contributed by atoms with E-state index in [-0.39, 0.29) is 0 Å². The molecule has 0 aromatic rings. The third kappa shape index (κ3) is 1.41. The zero-order chi connectivity index (χ0) is 5.28. The van der Waals surface area contributed by atoms with Crippen LogP contribution in [0.3, 0.4) is 0 Å². The molecule has 0 unspecified atom stereocenters. The lowest BCUT2D eigenvalue weighted by Gasteiger charge is -1.75. The lowest BCUT2D eigenvalue weighted by molar-refractivity contribution is 0.963. The van der Waals surface area contributed by atoms with E-state index in [1.807, 2.05) is 6.08 Å². The summed E-state index contributed by atoms with van der Waals surface area (Å²) in [6.45, 7) is 0. The van der Waals surface area contributed by atoms with Crippen molar-refractivity contribution in [2.75, 3.05) is 0 Å². The fraction of sp³-hybridized carbons (Fsp3) is 0. The average molecular weight is 272 g/mol. The van der Waals surface area contributed by atoms with Crippen molar-refractivity contribution in [3.05, 3.63) is 10.7 Å². The SMILES string of the molecule is BrC1=CC(I)=N[N]1. The van der Waals surface area contributed by atoms with Gasteiger partial charge in [-0.3, -0.25) is 0 Å². The summed E-state index contributed by atoms with van der Waals surface area (Å²) in [7, 11) is 0. The van der Waals surface area contributed by atoms with E-state index >= 15 is 0 Å². The van der Waals surface area contributed by atoms with Crippen molar-refractivity contribution in [1.29, 1.82) is 0 Å². The first-order valence-corrected chi connectivity index (χ1v) is 3.47. The Labute approximate surface area is 63.3 Å². The van der Waals surface area contributed by atoms with Gasteiger partial charge in [0.25, 0.3) is 0 Å². The highest BCUT2D eigenvalue weighted by molar-refractivity contribution is 14.1. The second kappa shape index (κ2) is 2.13. The van der Waals surface area contributed by atoms with Gasteiger partial charge in [-0.05, 0) is 38.5 Å². The van der Waals surface area contributed by atoms with Crippen LogP contribution in [0, 0.1) is 0 Å². The largest absolute Gasteiger partial charge is 0.143 e. The molecule has 0 N–H and O–H groups in total. The Balaban J connectivity index is 2.69. The Kier molecular flexibility index (Phi) is 1.69. The van der Waals surface area contributed by atoms with Crippen LogP contribution >= 0.6 is 38.5 Å². The van der Waals surface area contributed by atoms with Gasteiger partial charge in [-0.15, -0.1) is 10.5 Å². The maximum atomic E-state index is 3.71. The summed E-state index contributed by atoms with van der Waals surface area (Å²) in [5.74, 6) is 0. The average Bonchev–Trinajstić information content (AvgIpc) is 1.87. The normalized spacial score (nSPS) is 18.0. The summed E-state index contributed by atoms with van der Waals surface area (Å²) in [4.78, 5) is 0. The first-order chi connectivity index (χ1) is 3.29. The number of hydrogen-bond donors (Lipinski definition) is 0. The molecule has 0 saturated carbocycles. The molecule has 0 bridgehead atoms. The van der Waals surface area contributed by atoms with Crippen LogP contribution in [0.1, 0.15) is 0 Å². The van der Waals surface area contributed by atoms with Gasteiger partial charge in [0.2, 0.25) is 0 Å². The molecule has 0 aliphatic carbocycles. The van der Waals surface area contributed by atoms with Crippen molar-refractivity contribution in [3.8, 4) is 0 Å². The van der Waals surface area contributed by atoms with Crippen LogP contribution in [0.15, 0.2) is 15.8 Å². The van der Waals surface area contributed by atoms with E-state index in [2.05, 4.69) is 49.0 Å². The number of allylic oxidation sites excluding steroid dienone is 1. The van der Waals surface area contributed by atoms with Crippen LogP contribution < -0.4 is 5.43 Å². The fourth-order valence-electron chi connectivity index (χ4n) is 0.252. The van der Waals surface area contributed by atoms with Gasteiger partial charge in [0, 0.05) is 6.08 Å². The van der Waals surface area contributed by atoms with Crippen LogP contribution in [0.2, 0.25) is 0 Å². The van der Waals surface area contributed by atoms with Gasteiger partial charge < -0.3 is 0 Å². The van der Waals surface area contributed by atoms with Gasteiger partial charge >= 0.3 is 0 Å². The zero-order valence-corrected chi connectivity index (χ0v) is 6.97. The fourth-order valence-corrected chi connectivity index (χ4v) is 1.38. The summed E-state index contributed by atoms with van der Waals surface area (Å²) in [5, 5.41) is 3.71. The molecular formula is C3HBrIN2. The molecule has 0 saturated heterocycles. The summed E-state index contributed by atoms with van der Waals surface area (Å²) in [6.07, 6.45) is 1.85. The molecule has 1 radical (unpaired) electrons. The van der Waals surface area contributed by atoms with E-state index in [1.54, 1.807) is 0 Å². The van der Waals surface area contributed by atoms with Crippen molar-refractivity contribution in [3.63, 3.8) is 0 Å². The van der Waals surface area contributed by atoms with Crippen LogP contribution in [-0.2, 0) is 0 Å². The number of rotatable bonds is 0. The minimum Gasteiger partial charge on any atom is -0.143 e. The minimum absolute atomic E-state index is 0.803. The molecule has 0 aromatic carbocycles. The van der Waals surface area contributed by atoms with E-state index in [9.17, 15) is 0 Å². The van der Waals surface area contributed by atoms with Crippen molar-refractivity contribution >= 4 is 42.2 Å². The van der Waals surface area contributed by atoms with E-state index in [0.717, 1.165) is 8.32 Å². The van der Waals surface area contributed by atoms with Crippen LogP contribution in [0.25, 0.3) is 0 Å². The number of hydrogen-bond acceptors (Lipinski definition) is 1. The Morgan fingerprint density at radius 1 is 1.71 bits per heavy atom. The highest BCUT2D eigenvalue weighted by atomic mass is 127. The van der Waals surface area contributed by atoms with Gasteiger partial charge in [0.1, 0.15) is 8.32 Å². The van der Waals surface area contributed by atoms with E-state index in [4.69, 9.17) is 0 Å². The molecule has 1 aliphatic heterocycles. The smallest absolute Gasteiger partial charge is 0.131 e. The molecule has 1 aliphatic rings. The quantitative estimate of drug-likeness (QED) is 0.473. The first-order valence-electron chi connectivity index (χ1n) is 1.60. The Morgan fingerprint density at radius 3 is 2.57 bits per heavy atom. The third-order valence-corrected chi connectivity index (χ3v) is 1.39. The lowest BCUT2D eigenvalue weighted by atomic mass is 10.7. The summed E-state index contributed by atoms with van der Waals surface area (Å²) in [6, 6.07) is 0. The molecule has 0 amide bonds. The van der Waals surface area contributed by atoms with E-state index in [1.165, 1.54) is 0 Å². The predicted octanol–water partition coefficient (Wildman–Crippen LogP) is 1.59. The molecule has 1 rings (SSSR count). The third-order valence-electron chi connectivity index (χ3n) is 0.479. The maximum absolute atomic E-state index is 3.71. The second-order valence-corrected chi connectivity index (χ2v) is 2.91. The minimum atomic E-state index is 0.803. The van der Waals surface area contributed by atoms with Gasteiger partial charge in [-0.25, -0.2) is 0 Å². The maximum Gasteiger partial charge on any atom is 0.131 e. The van der Waals surface area contributed by atoms with Crippen molar-refractivity contribution < 1.29 is 0 Å². The second-order valence-electron chi connectivity index (χ2n) is 0.990. The van der Waals surface area contributed by atoms with Crippen LogP contribution in [0.5, 0.6) is 0 Å². The lowest BCUT2D eigenvalue weighted by Crippen LogP contribution is -1.78. The summed E-state index contributed by atoms with van der Waals surface area (Å²) in [5.41, 5.74) is 3.68. The molecule has 0 aromatic heterocycles. The van der Waals surface area contributed by atoms with Gasteiger partial charge in [0.05, 0.1) is 0 Å². The van der Waals surface area contributed by atoms with Gasteiger partial charge in [-0.1, -0.05) is 0 Å². The number of halogens is 2. The number of nitrogens with zero attached hydrogens (tertiary/aromatic N) is 2. The molecule has 37 valence electrons. The van der Waals surface area contributed by atoms with Gasteiger partial charge in [-0.2, -0.15) is 0 Å². The summed E-state index contributed by atoms with van der Waals surface area (Å²) >= 11 is 5.25. The molecular weight excluding hydrogens is 271 g/mol. The highest BCUT2D eigenvalue weighted by Gasteiger charge is 2.00. The summed E-state index contributed by atoms with van der Waals surface area (Å²) < 4.78 is 1.72. The van der Waals surface area contributed by atoms with E-state index in [0.29, 0.717) is 0 Å². The van der Waals surface area contributed by atoms with E-state index < -0.39 is 0 Å². The Bertz CT molecular complexity index is 140. The topological polar surface area (TPSA) is 26.5 Å². The van der Waals surface area contributed by atoms with Crippen LogP contribution in [-0.4, -0.2) is 3.72 Å². The van der Waals surface area contributed by atoms with Crippen molar-refractivity contribution in [2.24, 2.45) is 5.10 Å². The zero-order valence-electron chi connectivity index (χ0n) is 3.23. The standard InChI is InChI=1S/C3HBrIN2/c4-2-1-3(5)7-6-2/h1H. The Morgan fingerprint density at radius 2 is 2.43 bits per heavy atom. The molecule has 0 spiro atoms. The highest BCUT2D eigenvalue weighted by Crippen LogP contribution is 2.11. The van der Waals surface area contributed by atoms with Crippen LogP contribution in [0.4, 0.5) is 0 Å². The molecule has 0 atom stereocenters. The Hall–Kier alpha value is 0.420.